The minimum atomic E-state index is -0.452. The molecule has 0 saturated carbocycles. The van der Waals surface area contributed by atoms with Crippen molar-refractivity contribution >= 4 is 29.1 Å². The molecular weight excluding hydrogens is 297 g/mol. The van der Waals surface area contributed by atoms with Crippen molar-refractivity contribution in [3.63, 3.8) is 0 Å². The Hall–Kier alpha value is -1.39. The average molecular weight is 312 g/mol. The summed E-state index contributed by atoms with van der Waals surface area (Å²) in [6.45, 7) is 3.69. The van der Waals surface area contributed by atoms with Crippen LogP contribution in [0.25, 0.3) is 0 Å². The lowest BCUT2D eigenvalue weighted by Crippen LogP contribution is -2.07. The first-order valence-corrected chi connectivity index (χ1v) is 7.34. The SMILES string of the molecule is CC(C)Oc1cc(Sc2cccc(Cl)c2)c(N)cc1F. The van der Waals surface area contributed by atoms with Gasteiger partial charge in [0.1, 0.15) is 0 Å². The molecule has 2 nitrogen and oxygen atoms in total. The van der Waals surface area contributed by atoms with Gasteiger partial charge in [-0.25, -0.2) is 4.39 Å². The van der Waals surface area contributed by atoms with Gasteiger partial charge in [0.05, 0.1) is 6.10 Å². The van der Waals surface area contributed by atoms with Gasteiger partial charge in [0.25, 0.3) is 0 Å². The second-order valence-corrected chi connectivity index (χ2v) is 6.10. The number of hydrogen-bond donors (Lipinski definition) is 1. The molecule has 0 fully saturated rings. The van der Waals surface area contributed by atoms with Crippen molar-refractivity contribution in [2.45, 2.75) is 29.7 Å². The predicted molar refractivity (Wildman–Crippen MR) is 82.2 cm³/mol. The van der Waals surface area contributed by atoms with E-state index in [4.69, 9.17) is 22.1 Å². The Balaban J connectivity index is 2.31. The molecule has 0 atom stereocenters. The summed E-state index contributed by atoms with van der Waals surface area (Å²) >= 11 is 7.37. The first-order valence-electron chi connectivity index (χ1n) is 6.15. The van der Waals surface area contributed by atoms with Gasteiger partial charge in [-0.3, -0.25) is 0 Å². The van der Waals surface area contributed by atoms with Crippen LogP contribution in [0.15, 0.2) is 46.2 Å². The molecule has 2 N–H and O–H groups in total. The van der Waals surface area contributed by atoms with E-state index in [0.29, 0.717) is 10.7 Å². The highest BCUT2D eigenvalue weighted by molar-refractivity contribution is 7.99. The lowest BCUT2D eigenvalue weighted by atomic mass is 10.3. The molecule has 5 heteroatoms. The highest BCUT2D eigenvalue weighted by Crippen LogP contribution is 2.37. The van der Waals surface area contributed by atoms with Crippen LogP contribution in [0, 0.1) is 5.82 Å². The molecule has 106 valence electrons. The molecule has 0 heterocycles. The predicted octanol–water partition coefficient (Wildman–Crippen LogP) is 5.00. The highest BCUT2D eigenvalue weighted by atomic mass is 35.5. The third-order valence-corrected chi connectivity index (χ3v) is 3.75. The Kier molecular flexibility index (Phi) is 4.78. The van der Waals surface area contributed by atoms with Crippen molar-refractivity contribution in [3.8, 4) is 5.75 Å². The quantitative estimate of drug-likeness (QED) is 0.807. The van der Waals surface area contributed by atoms with Crippen LogP contribution in [-0.2, 0) is 0 Å². The molecule has 0 aliphatic heterocycles. The standard InChI is InChI=1S/C15H15ClFNOS/c1-9(2)19-14-8-15(13(18)7-12(14)17)20-11-5-3-4-10(16)6-11/h3-9H,18H2,1-2H3. The van der Waals surface area contributed by atoms with E-state index in [-0.39, 0.29) is 11.9 Å². The summed E-state index contributed by atoms with van der Waals surface area (Å²) in [5, 5.41) is 0.648. The van der Waals surface area contributed by atoms with Crippen LogP contribution >= 0.6 is 23.4 Å². The number of nitrogen functional groups attached to an aromatic ring is 1. The van der Waals surface area contributed by atoms with Gasteiger partial charge < -0.3 is 10.5 Å². The Labute approximate surface area is 127 Å². The zero-order valence-corrected chi connectivity index (χ0v) is 12.8. The summed E-state index contributed by atoms with van der Waals surface area (Å²) < 4.78 is 19.2. The smallest absolute Gasteiger partial charge is 0.167 e. The lowest BCUT2D eigenvalue weighted by Gasteiger charge is -2.13. The van der Waals surface area contributed by atoms with Gasteiger partial charge in [-0.15, -0.1) is 0 Å². The summed E-state index contributed by atoms with van der Waals surface area (Å²) in [6, 6.07) is 10.3. The van der Waals surface area contributed by atoms with Crippen molar-refractivity contribution in [1.82, 2.24) is 0 Å². The molecule has 0 saturated heterocycles. The van der Waals surface area contributed by atoms with Gasteiger partial charge in [-0.05, 0) is 38.1 Å². The van der Waals surface area contributed by atoms with E-state index >= 15 is 0 Å². The van der Waals surface area contributed by atoms with Gasteiger partial charge in [0, 0.05) is 26.6 Å². The maximum absolute atomic E-state index is 13.8. The van der Waals surface area contributed by atoms with Gasteiger partial charge in [0.2, 0.25) is 0 Å². The molecule has 0 spiro atoms. The summed E-state index contributed by atoms with van der Waals surface area (Å²) in [7, 11) is 0. The van der Waals surface area contributed by atoms with Crippen molar-refractivity contribution in [3.05, 3.63) is 47.2 Å². The Morgan fingerprint density at radius 3 is 2.65 bits per heavy atom. The monoisotopic (exact) mass is 311 g/mol. The third kappa shape index (κ3) is 3.81. The topological polar surface area (TPSA) is 35.2 Å². The van der Waals surface area contributed by atoms with E-state index < -0.39 is 5.82 Å². The Bertz CT molecular complexity index is 619. The summed E-state index contributed by atoms with van der Waals surface area (Å²) in [6.07, 6.45) is -0.0999. The van der Waals surface area contributed by atoms with E-state index in [2.05, 4.69) is 0 Å². The van der Waals surface area contributed by atoms with E-state index in [1.165, 1.54) is 17.8 Å². The number of halogens is 2. The van der Waals surface area contributed by atoms with E-state index in [9.17, 15) is 4.39 Å². The minimum absolute atomic E-state index is 0.0999. The normalized spacial score (nSPS) is 10.8. The Morgan fingerprint density at radius 1 is 1.25 bits per heavy atom. The number of nitrogens with two attached hydrogens (primary N) is 1. The van der Waals surface area contributed by atoms with Crippen LogP contribution in [0.2, 0.25) is 5.02 Å². The molecule has 0 radical (unpaired) electrons. The van der Waals surface area contributed by atoms with Crippen LogP contribution in [0.1, 0.15) is 13.8 Å². The molecule has 2 aromatic rings. The number of anilines is 1. The fourth-order valence-electron chi connectivity index (χ4n) is 1.64. The maximum Gasteiger partial charge on any atom is 0.167 e. The first-order chi connectivity index (χ1) is 9.45. The average Bonchev–Trinajstić information content (AvgIpc) is 2.34. The number of ether oxygens (including phenoxy) is 1. The second kappa shape index (κ2) is 6.37. The van der Waals surface area contributed by atoms with E-state index in [1.807, 2.05) is 32.0 Å². The molecule has 20 heavy (non-hydrogen) atoms. The van der Waals surface area contributed by atoms with Gasteiger partial charge in [0.15, 0.2) is 11.6 Å². The third-order valence-electron chi connectivity index (χ3n) is 2.45. The van der Waals surface area contributed by atoms with Gasteiger partial charge >= 0.3 is 0 Å². The molecular formula is C15H15ClFNOS. The van der Waals surface area contributed by atoms with Crippen molar-refractivity contribution in [1.29, 1.82) is 0 Å². The van der Waals surface area contributed by atoms with Crippen LogP contribution in [0.4, 0.5) is 10.1 Å². The van der Waals surface area contributed by atoms with Crippen LogP contribution in [-0.4, -0.2) is 6.10 Å². The Morgan fingerprint density at radius 2 is 2.00 bits per heavy atom. The van der Waals surface area contributed by atoms with Gasteiger partial charge in [-0.2, -0.15) is 0 Å². The fourth-order valence-corrected chi connectivity index (χ4v) is 2.82. The zero-order valence-electron chi connectivity index (χ0n) is 11.2. The molecule has 0 aliphatic carbocycles. The van der Waals surface area contributed by atoms with E-state index in [1.54, 1.807) is 12.1 Å². The molecule has 0 amide bonds. The molecule has 0 unspecified atom stereocenters. The van der Waals surface area contributed by atoms with Crippen molar-refractivity contribution in [2.75, 3.05) is 5.73 Å². The first kappa shape index (κ1) is 15.0. The summed E-state index contributed by atoms with van der Waals surface area (Å²) in [5.74, 6) is -0.245. The van der Waals surface area contributed by atoms with Crippen molar-refractivity contribution < 1.29 is 9.13 Å². The number of benzene rings is 2. The maximum atomic E-state index is 13.8. The largest absolute Gasteiger partial charge is 0.488 e. The lowest BCUT2D eigenvalue weighted by molar-refractivity contribution is 0.230. The molecule has 0 aliphatic rings. The van der Waals surface area contributed by atoms with Crippen LogP contribution in [0.5, 0.6) is 5.75 Å². The molecule has 0 aromatic heterocycles. The zero-order chi connectivity index (χ0) is 14.7. The highest BCUT2D eigenvalue weighted by Gasteiger charge is 2.11. The summed E-state index contributed by atoms with van der Waals surface area (Å²) in [5.41, 5.74) is 6.24. The minimum Gasteiger partial charge on any atom is -0.488 e. The van der Waals surface area contributed by atoms with Crippen molar-refractivity contribution in [2.24, 2.45) is 0 Å². The van der Waals surface area contributed by atoms with Gasteiger partial charge in [-0.1, -0.05) is 29.4 Å². The van der Waals surface area contributed by atoms with E-state index in [0.717, 1.165) is 9.79 Å². The van der Waals surface area contributed by atoms with Crippen LogP contribution < -0.4 is 10.5 Å². The fraction of sp³-hybridized carbons (Fsp3) is 0.200. The molecule has 2 rings (SSSR count). The second-order valence-electron chi connectivity index (χ2n) is 4.55. The summed E-state index contributed by atoms with van der Waals surface area (Å²) in [4.78, 5) is 1.68. The number of hydrogen-bond acceptors (Lipinski definition) is 3. The number of rotatable bonds is 4. The van der Waals surface area contributed by atoms with Crippen LogP contribution in [0.3, 0.4) is 0 Å². The molecule has 2 aromatic carbocycles. The molecule has 0 bridgehead atoms.